The van der Waals surface area contributed by atoms with E-state index in [4.69, 9.17) is 5.11 Å². The van der Waals surface area contributed by atoms with Gasteiger partial charge in [-0.3, -0.25) is 4.79 Å². The van der Waals surface area contributed by atoms with Gasteiger partial charge in [0, 0.05) is 19.5 Å². The van der Waals surface area contributed by atoms with Crippen molar-refractivity contribution in [2.45, 2.75) is 32.7 Å². The van der Waals surface area contributed by atoms with E-state index in [9.17, 15) is 19.5 Å². The van der Waals surface area contributed by atoms with Gasteiger partial charge in [0.1, 0.15) is 6.04 Å². The molecule has 0 bridgehead atoms. The van der Waals surface area contributed by atoms with Crippen molar-refractivity contribution in [1.82, 2.24) is 10.2 Å². The van der Waals surface area contributed by atoms with Gasteiger partial charge in [-0.25, -0.2) is 9.59 Å². The van der Waals surface area contributed by atoms with Gasteiger partial charge in [0.15, 0.2) is 0 Å². The molecule has 2 aromatic rings. The van der Waals surface area contributed by atoms with Gasteiger partial charge in [0.25, 0.3) is 0 Å². The Hall–Kier alpha value is -3.09. The highest BCUT2D eigenvalue weighted by atomic mass is 16.4. The normalized spacial score (nSPS) is 12.0. The van der Waals surface area contributed by atoms with Gasteiger partial charge in [0.05, 0.1) is 6.42 Å². The van der Waals surface area contributed by atoms with Crippen LogP contribution in [0, 0.1) is 5.92 Å². The van der Waals surface area contributed by atoms with Crippen LogP contribution in [0.3, 0.4) is 0 Å². The third kappa shape index (κ3) is 5.97. The molecule has 0 unspecified atom stereocenters. The van der Waals surface area contributed by atoms with Crippen LogP contribution in [0.25, 0.3) is 10.8 Å². The van der Waals surface area contributed by atoms with E-state index in [-0.39, 0.29) is 25.3 Å². The second-order valence-electron chi connectivity index (χ2n) is 7.17. The molecule has 0 aromatic heterocycles. The van der Waals surface area contributed by atoms with E-state index in [1.165, 1.54) is 4.90 Å². The molecule has 3 N–H and O–H groups in total. The number of carbonyl (C=O) groups is 3. The molecule has 7 heteroatoms. The first-order valence-corrected chi connectivity index (χ1v) is 9.24. The SMILES string of the molecule is CC(C)CN(CCC(=O)O)C(=O)N[C@@H](Cc1cccc2ccccc12)C(=O)O. The Balaban J connectivity index is 2.17. The van der Waals surface area contributed by atoms with Crippen molar-refractivity contribution in [2.75, 3.05) is 13.1 Å². The van der Waals surface area contributed by atoms with Crippen LogP contribution < -0.4 is 5.32 Å². The molecular weight excluding hydrogens is 360 g/mol. The Bertz CT molecular complexity index is 844. The minimum Gasteiger partial charge on any atom is -0.481 e. The van der Waals surface area contributed by atoms with Gasteiger partial charge in [-0.15, -0.1) is 0 Å². The predicted molar refractivity (Wildman–Crippen MR) is 106 cm³/mol. The second-order valence-corrected chi connectivity index (χ2v) is 7.17. The van der Waals surface area contributed by atoms with Crippen molar-refractivity contribution in [1.29, 1.82) is 0 Å². The average Bonchev–Trinajstić information content (AvgIpc) is 2.64. The number of rotatable bonds is 9. The maximum atomic E-state index is 12.6. The summed E-state index contributed by atoms with van der Waals surface area (Å²) in [5, 5.41) is 23.0. The molecule has 0 aliphatic heterocycles. The maximum absolute atomic E-state index is 12.6. The molecule has 0 heterocycles. The van der Waals surface area contributed by atoms with E-state index >= 15 is 0 Å². The fourth-order valence-corrected chi connectivity index (χ4v) is 3.08. The van der Waals surface area contributed by atoms with Gasteiger partial charge >= 0.3 is 18.0 Å². The molecular formula is C21H26N2O5. The van der Waals surface area contributed by atoms with Crippen LogP contribution in [0.15, 0.2) is 42.5 Å². The zero-order valence-corrected chi connectivity index (χ0v) is 16.1. The number of hydrogen-bond donors (Lipinski definition) is 3. The molecule has 0 spiro atoms. The number of carboxylic acid groups (broad SMARTS) is 2. The van der Waals surface area contributed by atoms with Gasteiger partial charge in [0.2, 0.25) is 0 Å². The quantitative estimate of drug-likeness (QED) is 0.614. The smallest absolute Gasteiger partial charge is 0.326 e. The fraction of sp³-hybridized carbons (Fsp3) is 0.381. The third-order valence-corrected chi connectivity index (χ3v) is 4.37. The number of fused-ring (bicyclic) bond motifs is 1. The first-order valence-electron chi connectivity index (χ1n) is 9.24. The monoisotopic (exact) mass is 386 g/mol. The van der Waals surface area contributed by atoms with E-state index in [2.05, 4.69) is 5.32 Å². The minimum absolute atomic E-state index is 0.0277. The van der Waals surface area contributed by atoms with Crippen molar-refractivity contribution in [3.05, 3.63) is 48.0 Å². The number of carbonyl (C=O) groups excluding carboxylic acids is 1. The van der Waals surface area contributed by atoms with Crippen LogP contribution in [0.2, 0.25) is 0 Å². The summed E-state index contributed by atoms with van der Waals surface area (Å²) >= 11 is 0. The topological polar surface area (TPSA) is 107 Å². The summed E-state index contributed by atoms with van der Waals surface area (Å²) in [6, 6.07) is 11.6. The molecule has 0 aliphatic carbocycles. The van der Waals surface area contributed by atoms with Crippen molar-refractivity contribution in [2.24, 2.45) is 5.92 Å². The summed E-state index contributed by atoms with van der Waals surface area (Å²) in [4.78, 5) is 36.6. The Morgan fingerprint density at radius 2 is 1.71 bits per heavy atom. The summed E-state index contributed by atoms with van der Waals surface area (Å²) in [6.07, 6.45) is -0.0575. The maximum Gasteiger partial charge on any atom is 0.326 e. The molecule has 2 rings (SSSR count). The lowest BCUT2D eigenvalue weighted by Gasteiger charge is -2.26. The Morgan fingerprint density at radius 1 is 1.04 bits per heavy atom. The fourth-order valence-electron chi connectivity index (χ4n) is 3.08. The molecule has 28 heavy (non-hydrogen) atoms. The molecule has 2 amide bonds. The van der Waals surface area contributed by atoms with E-state index in [0.717, 1.165) is 16.3 Å². The minimum atomic E-state index is -1.14. The molecule has 0 aliphatic rings. The highest BCUT2D eigenvalue weighted by Gasteiger charge is 2.25. The van der Waals surface area contributed by atoms with Crippen LogP contribution in [0.4, 0.5) is 4.79 Å². The number of nitrogens with one attached hydrogen (secondary N) is 1. The highest BCUT2D eigenvalue weighted by Crippen LogP contribution is 2.20. The van der Waals surface area contributed by atoms with Crippen molar-refractivity contribution in [3.8, 4) is 0 Å². The standard InChI is InChI=1S/C21H26N2O5/c1-14(2)13-23(11-10-19(24)25)21(28)22-18(20(26)27)12-16-8-5-7-15-6-3-4-9-17(15)16/h3-9,14,18H,10-13H2,1-2H3,(H,22,28)(H,24,25)(H,26,27)/t18-/m0/s1. The molecule has 150 valence electrons. The van der Waals surface area contributed by atoms with E-state index < -0.39 is 24.0 Å². The molecule has 0 saturated heterocycles. The Labute approximate surface area is 164 Å². The number of aliphatic carboxylic acids is 2. The molecule has 2 aromatic carbocycles. The van der Waals surface area contributed by atoms with E-state index in [0.29, 0.717) is 6.54 Å². The number of nitrogens with zero attached hydrogens (tertiary/aromatic N) is 1. The molecule has 0 fully saturated rings. The predicted octanol–water partition coefficient (Wildman–Crippen LogP) is 2.98. The van der Waals surface area contributed by atoms with Crippen LogP contribution >= 0.6 is 0 Å². The number of carboxylic acids is 2. The number of hydrogen-bond acceptors (Lipinski definition) is 3. The van der Waals surface area contributed by atoms with Gasteiger partial charge in [-0.1, -0.05) is 56.3 Å². The average molecular weight is 386 g/mol. The Kier molecular flexibility index (Phi) is 7.37. The van der Waals surface area contributed by atoms with Crippen LogP contribution in [-0.4, -0.2) is 52.2 Å². The number of benzene rings is 2. The highest BCUT2D eigenvalue weighted by molar-refractivity contribution is 5.87. The van der Waals surface area contributed by atoms with Gasteiger partial charge < -0.3 is 20.4 Å². The van der Waals surface area contributed by atoms with Crippen LogP contribution in [0.1, 0.15) is 25.8 Å². The second kappa shape index (κ2) is 9.73. The zero-order chi connectivity index (χ0) is 20.7. The molecule has 0 radical (unpaired) electrons. The van der Waals surface area contributed by atoms with Crippen molar-refractivity contribution in [3.63, 3.8) is 0 Å². The van der Waals surface area contributed by atoms with E-state index in [1.807, 2.05) is 56.3 Å². The largest absolute Gasteiger partial charge is 0.481 e. The zero-order valence-electron chi connectivity index (χ0n) is 16.1. The van der Waals surface area contributed by atoms with Gasteiger partial charge in [-0.05, 0) is 22.3 Å². The lowest BCUT2D eigenvalue weighted by atomic mass is 9.99. The molecule has 0 saturated carbocycles. The van der Waals surface area contributed by atoms with E-state index in [1.54, 1.807) is 0 Å². The number of urea groups is 1. The lowest BCUT2D eigenvalue weighted by Crippen LogP contribution is -2.50. The lowest BCUT2D eigenvalue weighted by molar-refractivity contribution is -0.139. The first kappa shape index (κ1) is 21.2. The Morgan fingerprint density at radius 3 is 2.36 bits per heavy atom. The number of amides is 2. The first-order chi connectivity index (χ1) is 13.3. The van der Waals surface area contributed by atoms with Gasteiger partial charge in [-0.2, -0.15) is 0 Å². The van der Waals surface area contributed by atoms with Crippen molar-refractivity contribution >= 4 is 28.7 Å². The van der Waals surface area contributed by atoms with Crippen LogP contribution in [0.5, 0.6) is 0 Å². The summed E-state index contributed by atoms with van der Waals surface area (Å²) < 4.78 is 0. The summed E-state index contributed by atoms with van der Waals surface area (Å²) in [5.74, 6) is -2.02. The van der Waals surface area contributed by atoms with Crippen LogP contribution in [-0.2, 0) is 16.0 Å². The van der Waals surface area contributed by atoms with Crippen molar-refractivity contribution < 1.29 is 24.6 Å². The summed E-state index contributed by atoms with van der Waals surface area (Å²) in [6.45, 7) is 4.19. The molecule has 7 nitrogen and oxygen atoms in total. The summed E-state index contributed by atoms with van der Waals surface area (Å²) in [7, 11) is 0. The summed E-state index contributed by atoms with van der Waals surface area (Å²) in [5.41, 5.74) is 0.826. The molecule has 1 atom stereocenters. The third-order valence-electron chi connectivity index (χ3n) is 4.37.